The molecular formula is C11H13N3O3. The molecule has 0 atom stereocenters. The van der Waals surface area contributed by atoms with Crippen LogP contribution in [0.3, 0.4) is 0 Å². The van der Waals surface area contributed by atoms with Crippen LogP contribution in [0.15, 0.2) is 18.2 Å². The van der Waals surface area contributed by atoms with Gasteiger partial charge in [0.1, 0.15) is 0 Å². The van der Waals surface area contributed by atoms with Crippen molar-refractivity contribution >= 4 is 11.4 Å². The molecule has 1 N–H and O–H groups in total. The summed E-state index contributed by atoms with van der Waals surface area (Å²) in [4.78, 5) is 12.0. The van der Waals surface area contributed by atoms with Crippen LogP contribution < -0.4 is 4.90 Å². The quantitative estimate of drug-likeness (QED) is 0.616. The first kappa shape index (κ1) is 12.9. The number of rotatable bonds is 5. The van der Waals surface area contributed by atoms with Crippen molar-refractivity contribution in [2.45, 2.75) is 13.0 Å². The van der Waals surface area contributed by atoms with Crippen molar-refractivity contribution in [1.29, 1.82) is 5.26 Å². The predicted molar refractivity (Wildman–Crippen MR) is 62.5 cm³/mol. The summed E-state index contributed by atoms with van der Waals surface area (Å²) < 4.78 is 0. The molecule has 0 fully saturated rings. The van der Waals surface area contributed by atoms with Crippen LogP contribution in [0.5, 0.6) is 0 Å². The molecule has 0 bridgehead atoms. The van der Waals surface area contributed by atoms with Crippen molar-refractivity contribution in [2.24, 2.45) is 0 Å². The molecule has 1 aromatic rings. The van der Waals surface area contributed by atoms with Crippen molar-refractivity contribution in [3.63, 3.8) is 0 Å². The van der Waals surface area contributed by atoms with Gasteiger partial charge in [0, 0.05) is 25.3 Å². The topological polar surface area (TPSA) is 90.4 Å². The zero-order valence-corrected chi connectivity index (χ0v) is 9.46. The van der Waals surface area contributed by atoms with Crippen molar-refractivity contribution < 1.29 is 10.0 Å². The van der Waals surface area contributed by atoms with Crippen LogP contribution in [0.1, 0.15) is 12.0 Å². The lowest BCUT2D eigenvalue weighted by molar-refractivity contribution is -0.385. The predicted octanol–water partition coefficient (Wildman–Crippen LogP) is 1.44. The van der Waals surface area contributed by atoms with Gasteiger partial charge in [-0.05, 0) is 12.1 Å². The van der Waals surface area contributed by atoms with Gasteiger partial charge in [0.15, 0.2) is 0 Å². The number of hydrogen-bond acceptors (Lipinski definition) is 5. The second kappa shape index (κ2) is 5.82. The van der Waals surface area contributed by atoms with Crippen LogP contribution in [-0.2, 0) is 6.61 Å². The largest absolute Gasteiger partial charge is 0.391 e. The third-order valence-electron chi connectivity index (χ3n) is 2.43. The highest BCUT2D eigenvalue weighted by atomic mass is 16.6. The van der Waals surface area contributed by atoms with Crippen molar-refractivity contribution in [2.75, 3.05) is 18.5 Å². The molecule has 0 aromatic heterocycles. The highest BCUT2D eigenvalue weighted by molar-refractivity contribution is 5.55. The Kier molecular flexibility index (Phi) is 4.43. The summed E-state index contributed by atoms with van der Waals surface area (Å²) in [6.07, 6.45) is 0.377. The Bertz CT molecular complexity index is 454. The number of nitro benzene ring substituents is 1. The second-order valence-electron chi connectivity index (χ2n) is 3.56. The highest BCUT2D eigenvalue weighted by Gasteiger charge is 2.14. The van der Waals surface area contributed by atoms with E-state index in [2.05, 4.69) is 0 Å². The number of hydrogen-bond donors (Lipinski definition) is 1. The smallest absolute Gasteiger partial charge is 0.275 e. The Balaban J connectivity index is 2.97. The Morgan fingerprint density at radius 2 is 2.29 bits per heavy atom. The van der Waals surface area contributed by atoms with E-state index in [0.717, 1.165) is 5.69 Å². The maximum Gasteiger partial charge on any atom is 0.275 e. The van der Waals surface area contributed by atoms with E-state index in [-0.39, 0.29) is 17.9 Å². The lowest BCUT2D eigenvalue weighted by atomic mass is 10.1. The first-order chi connectivity index (χ1) is 8.10. The normalized spacial score (nSPS) is 9.71. The summed E-state index contributed by atoms with van der Waals surface area (Å²) in [6, 6.07) is 6.56. The first-order valence-corrected chi connectivity index (χ1v) is 5.06. The summed E-state index contributed by atoms with van der Waals surface area (Å²) in [7, 11) is 1.79. The lowest BCUT2D eigenvalue weighted by Crippen LogP contribution is -2.18. The van der Waals surface area contributed by atoms with E-state index in [1.165, 1.54) is 6.07 Å². The van der Waals surface area contributed by atoms with E-state index in [1.807, 2.05) is 11.0 Å². The minimum atomic E-state index is -0.523. The monoisotopic (exact) mass is 235 g/mol. The standard InChI is InChI=1S/C11H13N3O3/c1-13(6-2-5-12)10-3-4-11(14(16)17)9(7-10)8-15/h3-4,7,15H,2,6,8H2,1H3. The molecule has 0 amide bonds. The van der Waals surface area contributed by atoms with Gasteiger partial charge in [0.25, 0.3) is 5.69 Å². The third kappa shape index (κ3) is 3.16. The van der Waals surface area contributed by atoms with Crippen molar-refractivity contribution in [1.82, 2.24) is 0 Å². The van der Waals surface area contributed by atoms with Gasteiger partial charge in [-0.1, -0.05) is 0 Å². The summed E-state index contributed by atoms with van der Waals surface area (Å²) in [5.74, 6) is 0. The minimum Gasteiger partial charge on any atom is -0.391 e. The fourth-order valence-electron chi connectivity index (χ4n) is 1.46. The van der Waals surface area contributed by atoms with E-state index in [1.54, 1.807) is 19.2 Å². The van der Waals surface area contributed by atoms with Crippen LogP contribution in [0.2, 0.25) is 0 Å². The van der Waals surface area contributed by atoms with Crippen LogP contribution in [0.25, 0.3) is 0 Å². The number of aliphatic hydroxyl groups is 1. The second-order valence-corrected chi connectivity index (χ2v) is 3.56. The number of aliphatic hydroxyl groups excluding tert-OH is 1. The van der Waals surface area contributed by atoms with Crippen LogP contribution in [-0.4, -0.2) is 23.6 Å². The maximum absolute atomic E-state index is 10.7. The Hall–Kier alpha value is -2.13. The molecule has 1 rings (SSSR count). The van der Waals surface area contributed by atoms with E-state index < -0.39 is 4.92 Å². The fraction of sp³-hybridized carbons (Fsp3) is 0.364. The van der Waals surface area contributed by atoms with Crippen molar-refractivity contribution in [3.8, 4) is 6.07 Å². The molecule has 0 heterocycles. The van der Waals surface area contributed by atoms with Gasteiger partial charge in [-0.3, -0.25) is 10.1 Å². The van der Waals surface area contributed by atoms with Gasteiger partial charge in [-0.15, -0.1) is 0 Å². The van der Waals surface area contributed by atoms with Gasteiger partial charge >= 0.3 is 0 Å². The van der Waals surface area contributed by atoms with Crippen LogP contribution in [0, 0.1) is 21.4 Å². The van der Waals surface area contributed by atoms with Crippen LogP contribution in [0.4, 0.5) is 11.4 Å². The Morgan fingerprint density at radius 1 is 1.59 bits per heavy atom. The van der Waals surface area contributed by atoms with Gasteiger partial charge in [0.2, 0.25) is 0 Å². The summed E-state index contributed by atoms with van der Waals surface area (Å²) in [5.41, 5.74) is 0.927. The molecule has 0 radical (unpaired) electrons. The number of nitriles is 1. The van der Waals surface area contributed by atoms with Gasteiger partial charge in [0.05, 0.1) is 29.6 Å². The Labute approximate surface area is 98.9 Å². The van der Waals surface area contributed by atoms with E-state index in [0.29, 0.717) is 13.0 Å². The molecule has 90 valence electrons. The Morgan fingerprint density at radius 3 is 2.82 bits per heavy atom. The fourth-order valence-corrected chi connectivity index (χ4v) is 1.46. The molecule has 0 saturated heterocycles. The minimum absolute atomic E-state index is 0.0927. The van der Waals surface area contributed by atoms with Crippen molar-refractivity contribution in [3.05, 3.63) is 33.9 Å². The number of anilines is 1. The zero-order valence-electron chi connectivity index (χ0n) is 9.46. The average Bonchev–Trinajstić information content (AvgIpc) is 2.34. The van der Waals surface area contributed by atoms with E-state index >= 15 is 0 Å². The van der Waals surface area contributed by atoms with E-state index in [9.17, 15) is 10.1 Å². The SMILES string of the molecule is CN(CCC#N)c1ccc([N+](=O)[O-])c(CO)c1. The molecule has 6 nitrogen and oxygen atoms in total. The van der Waals surface area contributed by atoms with E-state index in [4.69, 9.17) is 10.4 Å². The summed E-state index contributed by atoms with van der Waals surface area (Å²) >= 11 is 0. The molecule has 1 aromatic carbocycles. The molecule has 0 aliphatic carbocycles. The summed E-state index contributed by atoms with van der Waals surface area (Å²) in [5, 5.41) is 28.2. The van der Waals surface area contributed by atoms with Crippen LogP contribution >= 0.6 is 0 Å². The average molecular weight is 235 g/mol. The highest BCUT2D eigenvalue weighted by Crippen LogP contribution is 2.24. The molecular weight excluding hydrogens is 222 g/mol. The zero-order chi connectivity index (χ0) is 12.8. The first-order valence-electron chi connectivity index (χ1n) is 5.06. The lowest BCUT2D eigenvalue weighted by Gasteiger charge is -2.18. The molecule has 0 aliphatic heterocycles. The number of nitro groups is 1. The molecule has 17 heavy (non-hydrogen) atoms. The molecule has 0 aliphatic rings. The summed E-state index contributed by atoms with van der Waals surface area (Å²) in [6.45, 7) is 0.162. The molecule has 0 saturated carbocycles. The molecule has 0 spiro atoms. The number of benzene rings is 1. The molecule has 6 heteroatoms. The third-order valence-corrected chi connectivity index (χ3v) is 2.43. The van der Waals surface area contributed by atoms with Gasteiger partial charge < -0.3 is 10.0 Å². The number of nitrogens with zero attached hydrogens (tertiary/aromatic N) is 3. The molecule has 0 unspecified atom stereocenters. The maximum atomic E-state index is 10.7. The van der Waals surface area contributed by atoms with Gasteiger partial charge in [-0.2, -0.15) is 5.26 Å². The van der Waals surface area contributed by atoms with Gasteiger partial charge in [-0.25, -0.2) is 0 Å².